The van der Waals surface area contributed by atoms with Crippen molar-refractivity contribution in [2.45, 2.75) is 31.1 Å². The Bertz CT molecular complexity index is 1580. The number of sulfonamides is 1. The molecule has 0 unspecified atom stereocenters. The predicted octanol–water partition coefficient (Wildman–Crippen LogP) is 3.40. The van der Waals surface area contributed by atoms with Crippen LogP contribution in [0.5, 0.6) is 11.6 Å². The van der Waals surface area contributed by atoms with Crippen molar-refractivity contribution in [2.24, 2.45) is 0 Å². The number of nitrogens with one attached hydrogen (secondary N) is 1. The van der Waals surface area contributed by atoms with Crippen LogP contribution in [0.2, 0.25) is 0 Å². The van der Waals surface area contributed by atoms with Crippen molar-refractivity contribution in [1.29, 1.82) is 0 Å². The number of hydrogen-bond donors (Lipinski definition) is 1. The van der Waals surface area contributed by atoms with Crippen LogP contribution in [0.3, 0.4) is 0 Å². The van der Waals surface area contributed by atoms with Crippen LogP contribution >= 0.6 is 0 Å². The van der Waals surface area contributed by atoms with Gasteiger partial charge in [-0.15, -0.1) is 0 Å². The Morgan fingerprint density at radius 2 is 1.78 bits per heavy atom. The van der Waals surface area contributed by atoms with Gasteiger partial charge >= 0.3 is 0 Å². The van der Waals surface area contributed by atoms with Gasteiger partial charge in [-0.3, -0.25) is 14.1 Å². The van der Waals surface area contributed by atoms with Gasteiger partial charge in [-0.25, -0.2) is 18.4 Å². The number of rotatable bonds is 6. The van der Waals surface area contributed by atoms with Gasteiger partial charge in [0.05, 0.1) is 10.6 Å². The van der Waals surface area contributed by atoms with E-state index in [-0.39, 0.29) is 10.8 Å². The van der Waals surface area contributed by atoms with E-state index in [1.807, 2.05) is 0 Å². The Labute approximate surface area is 207 Å². The molecule has 1 N–H and O–H groups in total. The first kappa shape index (κ1) is 22.2. The summed E-state index contributed by atoms with van der Waals surface area (Å²) in [5, 5.41) is 0. The van der Waals surface area contributed by atoms with Gasteiger partial charge in [0.2, 0.25) is 11.8 Å². The Balaban J connectivity index is 1.20. The predicted molar refractivity (Wildman–Crippen MR) is 132 cm³/mol. The topological polar surface area (TPSA) is 119 Å². The van der Waals surface area contributed by atoms with Gasteiger partial charge in [0.1, 0.15) is 23.7 Å². The zero-order valence-corrected chi connectivity index (χ0v) is 20.2. The van der Waals surface area contributed by atoms with Crippen LogP contribution in [0.4, 0.5) is 11.4 Å². The first-order valence-corrected chi connectivity index (χ1v) is 12.9. The summed E-state index contributed by atoms with van der Waals surface area (Å²) in [6, 6.07) is 11.7. The van der Waals surface area contributed by atoms with Gasteiger partial charge < -0.3 is 9.64 Å². The summed E-state index contributed by atoms with van der Waals surface area (Å²) < 4.78 is 36.6. The molecule has 0 spiro atoms. The molecule has 2 aliphatic rings. The molecule has 6 rings (SSSR count). The van der Waals surface area contributed by atoms with E-state index in [1.165, 1.54) is 0 Å². The molecule has 10 nitrogen and oxygen atoms in total. The average Bonchev–Trinajstić information content (AvgIpc) is 3.54. The van der Waals surface area contributed by atoms with Crippen molar-refractivity contribution in [3.63, 3.8) is 0 Å². The van der Waals surface area contributed by atoms with Crippen LogP contribution in [0.1, 0.15) is 23.4 Å². The number of hydrogen-bond acceptors (Lipinski definition) is 7. The van der Waals surface area contributed by atoms with Crippen molar-refractivity contribution < 1.29 is 17.9 Å². The fourth-order valence-corrected chi connectivity index (χ4v) is 5.77. The highest BCUT2D eigenvalue weighted by Gasteiger charge is 2.33. The number of aromatic nitrogens is 4. The van der Waals surface area contributed by atoms with Gasteiger partial charge in [-0.05, 0) is 67.3 Å². The van der Waals surface area contributed by atoms with E-state index in [0.29, 0.717) is 54.8 Å². The fraction of sp³-hybridized carbons (Fsp3) is 0.200. The van der Waals surface area contributed by atoms with E-state index < -0.39 is 10.0 Å². The molecule has 4 aromatic rings. The molecule has 4 heterocycles. The summed E-state index contributed by atoms with van der Waals surface area (Å²) in [5.74, 6) is 2.13. The van der Waals surface area contributed by atoms with Crippen LogP contribution in [-0.4, -0.2) is 40.4 Å². The van der Waals surface area contributed by atoms with Crippen LogP contribution < -0.4 is 14.4 Å². The number of nitrogens with zero attached hydrogens (tertiary/aromatic N) is 5. The minimum Gasteiger partial charge on any atom is -0.439 e. The van der Waals surface area contributed by atoms with E-state index in [0.717, 1.165) is 16.8 Å². The van der Waals surface area contributed by atoms with E-state index in [9.17, 15) is 13.2 Å². The third-order valence-corrected chi connectivity index (χ3v) is 7.60. The summed E-state index contributed by atoms with van der Waals surface area (Å²) in [7, 11) is -3.81. The molecule has 0 fully saturated rings. The minimum atomic E-state index is -3.81. The lowest BCUT2D eigenvalue weighted by atomic mass is 10.00. The first-order chi connectivity index (χ1) is 17.4. The summed E-state index contributed by atoms with van der Waals surface area (Å²) in [5.41, 5.74) is 3.11. The van der Waals surface area contributed by atoms with Gasteiger partial charge in [0.25, 0.3) is 10.0 Å². The molecule has 2 aromatic heterocycles. The molecular formula is C25H22N6O4S. The highest BCUT2D eigenvalue weighted by molar-refractivity contribution is 7.92. The monoisotopic (exact) mass is 502 g/mol. The molecule has 0 bridgehead atoms. The van der Waals surface area contributed by atoms with Gasteiger partial charge in [0, 0.05) is 37.1 Å². The lowest BCUT2D eigenvalue weighted by Crippen LogP contribution is -2.33. The average molecular weight is 503 g/mol. The lowest BCUT2D eigenvalue weighted by Gasteiger charge is -2.25. The molecule has 0 saturated heterocycles. The highest BCUT2D eigenvalue weighted by Crippen LogP contribution is 2.38. The van der Waals surface area contributed by atoms with Crippen molar-refractivity contribution in [3.05, 3.63) is 78.1 Å². The molecule has 0 saturated carbocycles. The molecule has 0 radical (unpaired) electrons. The molecule has 0 atom stereocenters. The molecule has 2 aliphatic heterocycles. The molecule has 11 heteroatoms. The van der Waals surface area contributed by atoms with Crippen molar-refractivity contribution in [3.8, 4) is 17.4 Å². The fourth-order valence-electron chi connectivity index (χ4n) is 4.61. The zero-order chi connectivity index (χ0) is 24.9. The van der Waals surface area contributed by atoms with Gasteiger partial charge in [-0.2, -0.15) is 4.98 Å². The largest absolute Gasteiger partial charge is 0.439 e. The Morgan fingerprint density at radius 3 is 2.53 bits per heavy atom. The van der Waals surface area contributed by atoms with Crippen LogP contribution in [0.15, 0.2) is 66.1 Å². The quantitative estimate of drug-likeness (QED) is 0.429. The number of carbonyl (C=O) groups excluding carboxylic acids is 1. The third kappa shape index (κ3) is 4.07. The molecule has 0 aliphatic carbocycles. The number of aryl methyl sites for hydroxylation is 2. The van der Waals surface area contributed by atoms with E-state index >= 15 is 0 Å². The summed E-state index contributed by atoms with van der Waals surface area (Å²) in [6.45, 7) is 2.38. The smallest absolute Gasteiger partial charge is 0.261 e. The number of benzene rings is 2. The number of ether oxygens (including phenoxy) is 1. The Kier molecular flexibility index (Phi) is 5.22. The van der Waals surface area contributed by atoms with Crippen LogP contribution in [-0.2, 0) is 27.7 Å². The third-order valence-electron chi connectivity index (χ3n) is 6.23. The number of amides is 1. The van der Waals surface area contributed by atoms with Crippen molar-refractivity contribution in [1.82, 2.24) is 19.5 Å². The normalized spacial score (nSPS) is 14.6. The highest BCUT2D eigenvalue weighted by atomic mass is 32.2. The lowest BCUT2D eigenvalue weighted by molar-refractivity contribution is -0.118. The SMILES string of the molecule is Cc1nc(Oc2ccc(NS(=O)(=O)c3cc4c5c(c3)CCN5C(=O)CC4)cc2)cc(-n2ccnc2)n1. The molecule has 1 amide bonds. The van der Waals surface area contributed by atoms with E-state index in [4.69, 9.17) is 4.74 Å². The molecular weight excluding hydrogens is 480 g/mol. The standard InChI is InChI=1S/C25H22N6O4S/c1-16-27-22(30-11-9-26-15-30)14-23(28-16)35-20-5-3-19(4-6-20)29-36(33,34)21-12-17-2-7-24(32)31-10-8-18(13-21)25(17)31/h3-6,9,11-15,29H,2,7-8,10H2,1H3. The number of carbonyl (C=O) groups is 1. The number of imidazole rings is 1. The summed E-state index contributed by atoms with van der Waals surface area (Å²) in [4.78, 5) is 26.9. The maximum Gasteiger partial charge on any atom is 0.261 e. The second kappa shape index (κ2) is 8.45. The summed E-state index contributed by atoms with van der Waals surface area (Å²) >= 11 is 0. The number of anilines is 2. The first-order valence-electron chi connectivity index (χ1n) is 11.5. The molecule has 182 valence electrons. The van der Waals surface area contributed by atoms with E-state index in [1.54, 1.807) is 77.6 Å². The zero-order valence-electron chi connectivity index (χ0n) is 19.4. The van der Waals surface area contributed by atoms with Crippen molar-refractivity contribution >= 4 is 27.3 Å². The Hall–Kier alpha value is -4.25. The van der Waals surface area contributed by atoms with E-state index in [2.05, 4.69) is 19.7 Å². The maximum atomic E-state index is 13.1. The van der Waals surface area contributed by atoms with Crippen LogP contribution in [0, 0.1) is 6.92 Å². The second-order valence-electron chi connectivity index (χ2n) is 8.70. The Morgan fingerprint density at radius 1 is 1.00 bits per heavy atom. The molecule has 36 heavy (non-hydrogen) atoms. The van der Waals surface area contributed by atoms with Crippen molar-refractivity contribution in [2.75, 3.05) is 16.2 Å². The van der Waals surface area contributed by atoms with Gasteiger partial charge in [-0.1, -0.05) is 0 Å². The summed E-state index contributed by atoms with van der Waals surface area (Å²) in [6.07, 6.45) is 6.69. The van der Waals surface area contributed by atoms with Gasteiger partial charge in [0.15, 0.2) is 0 Å². The minimum absolute atomic E-state index is 0.104. The molecule has 2 aromatic carbocycles. The van der Waals surface area contributed by atoms with Crippen LogP contribution in [0.25, 0.3) is 5.82 Å². The second-order valence-corrected chi connectivity index (χ2v) is 10.4. The maximum absolute atomic E-state index is 13.1.